The van der Waals surface area contributed by atoms with Gasteiger partial charge in [0.05, 0.1) is 16.8 Å². The minimum Gasteiger partial charge on any atom is -0.310 e. The summed E-state index contributed by atoms with van der Waals surface area (Å²) < 4.78 is 0. The third-order valence-electron chi connectivity index (χ3n) is 25.8. The van der Waals surface area contributed by atoms with Gasteiger partial charge in [-0.25, -0.2) is 0 Å². The Labute approximate surface area is 649 Å². The van der Waals surface area contributed by atoms with E-state index in [0.717, 1.165) is 40.5 Å². The van der Waals surface area contributed by atoms with E-state index in [1.165, 1.54) is 161 Å². The van der Waals surface area contributed by atoms with Gasteiger partial charge >= 0.3 is 0 Å². The lowest BCUT2D eigenvalue weighted by atomic mass is 9.69. The van der Waals surface area contributed by atoms with Crippen molar-refractivity contribution < 1.29 is 0 Å². The number of hydrogen-bond acceptors (Lipinski definition) is 2. The maximum absolute atomic E-state index is 2.65. The molecule has 0 saturated heterocycles. The van der Waals surface area contributed by atoms with Crippen molar-refractivity contribution in [3.05, 3.63) is 406 Å². The van der Waals surface area contributed by atoms with Crippen molar-refractivity contribution in [2.75, 3.05) is 9.80 Å². The molecule has 15 aromatic rings. The second kappa shape index (κ2) is 24.5. The Hall–Kier alpha value is -12.1. The molecule has 110 heavy (non-hydrogen) atoms. The van der Waals surface area contributed by atoms with E-state index in [-0.39, 0.29) is 21.7 Å². The molecule has 0 fully saturated rings. The summed E-state index contributed by atoms with van der Waals surface area (Å²) in [6.45, 7) is 26.5. The van der Waals surface area contributed by atoms with Gasteiger partial charge in [-0.05, 0) is 228 Å². The molecule has 1 spiro atoms. The van der Waals surface area contributed by atoms with Crippen LogP contribution in [0.2, 0.25) is 0 Å². The molecule has 2 nitrogen and oxygen atoms in total. The number of hydrogen-bond donors (Lipinski definition) is 0. The molecule has 0 aromatic heterocycles. The van der Waals surface area contributed by atoms with Crippen molar-refractivity contribution in [3.8, 4) is 89.0 Å². The highest BCUT2D eigenvalue weighted by atomic mass is 15.2. The van der Waals surface area contributed by atoms with Crippen molar-refractivity contribution >= 4 is 34.1 Å². The third kappa shape index (κ3) is 9.93. The Bertz CT molecular complexity index is 6290. The van der Waals surface area contributed by atoms with E-state index in [4.69, 9.17) is 0 Å². The monoisotopic (exact) mass is 1410 g/mol. The van der Waals surface area contributed by atoms with E-state index in [9.17, 15) is 0 Å². The molecule has 0 amide bonds. The summed E-state index contributed by atoms with van der Waals surface area (Å²) >= 11 is 0. The lowest BCUT2D eigenvalue weighted by Crippen LogP contribution is -2.27. The van der Waals surface area contributed by atoms with Crippen LogP contribution in [0.3, 0.4) is 0 Å². The van der Waals surface area contributed by atoms with Gasteiger partial charge in [-0.15, -0.1) is 0 Å². The molecule has 532 valence electrons. The molecule has 0 heterocycles. The predicted octanol–water partition coefficient (Wildman–Crippen LogP) is 28.7. The van der Waals surface area contributed by atoms with E-state index >= 15 is 0 Å². The highest BCUT2D eigenvalue weighted by molar-refractivity contribution is 6.02. The Morgan fingerprint density at radius 2 is 0.636 bits per heavy atom. The van der Waals surface area contributed by atoms with Gasteiger partial charge in [-0.1, -0.05) is 349 Å². The molecule has 0 bridgehead atoms. The Balaban J connectivity index is 0.775. The minimum absolute atomic E-state index is 0.0142. The van der Waals surface area contributed by atoms with Crippen LogP contribution in [0.25, 0.3) is 89.0 Å². The highest BCUT2D eigenvalue weighted by Crippen LogP contribution is 2.66. The summed E-state index contributed by atoms with van der Waals surface area (Å²) in [4.78, 5) is 5.14. The van der Waals surface area contributed by atoms with Crippen molar-refractivity contribution in [2.24, 2.45) is 0 Å². The third-order valence-corrected chi connectivity index (χ3v) is 25.8. The highest BCUT2D eigenvalue weighted by Gasteiger charge is 2.54. The van der Waals surface area contributed by atoms with Crippen LogP contribution in [-0.4, -0.2) is 0 Å². The fourth-order valence-electron chi connectivity index (χ4n) is 20.5. The molecule has 2 unspecified atom stereocenters. The standard InChI is InChI=1S/C108H90N2/c1-103(2,3)72-61-88-86-59-54-74(64-94(86)106(9,10)102(88)98(62-72)104(4,5)6)109(99-48-29-24-38-77(99)69-32-15-12-16-33-69)75-52-57-83-81-41-22-27-45-90(81)107(11,95(83)65-75)67-68-50-55-84-85-58-53-76(66-97(85)108(96(84)60-68)91-46-28-23-42-87(91)101-79(43-31-47-92(101)108)71-36-19-14-20-37-71)110(100-49-30-25-39-78(100)70-34-17-13-18-35-70)73-51-56-82-80-40-21-26-44-89(80)105(7,8)93(82)63-73/h12-66H,67H2,1-11H3. The van der Waals surface area contributed by atoms with Crippen LogP contribution in [0.1, 0.15) is 148 Å². The summed E-state index contributed by atoms with van der Waals surface area (Å²) in [6, 6.07) is 128. The average Bonchev–Trinajstić information content (AvgIpc) is 1.50. The van der Waals surface area contributed by atoms with Crippen LogP contribution in [0.4, 0.5) is 34.1 Å². The minimum atomic E-state index is -0.708. The fraction of sp³-hybridized carbons (Fsp3) is 0.167. The molecule has 2 heteroatoms. The Morgan fingerprint density at radius 1 is 0.255 bits per heavy atom. The number of fused-ring (bicyclic) bond motifs is 19. The van der Waals surface area contributed by atoms with Gasteiger partial charge in [0.25, 0.3) is 0 Å². The lowest BCUT2D eigenvalue weighted by molar-refractivity contribution is 0.545. The molecule has 15 aromatic carbocycles. The Morgan fingerprint density at radius 3 is 1.18 bits per heavy atom. The van der Waals surface area contributed by atoms with Crippen molar-refractivity contribution in [1.82, 2.24) is 0 Å². The van der Waals surface area contributed by atoms with E-state index in [0.29, 0.717) is 0 Å². The zero-order valence-electron chi connectivity index (χ0n) is 64.9. The van der Waals surface area contributed by atoms with Gasteiger partial charge in [-0.2, -0.15) is 0 Å². The molecule has 0 N–H and O–H groups in total. The van der Waals surface area contributed by atoms with Gasteiger partial charge in [0.1, 0.15) is 0 Å². The first-order valence-electron chi connectivity index (χ1n) is 39.5. The molecule has 5 aliphatic carbocycles. The maximum Gasteiger partial charge on any atom is 0.0726 e. The van der Waals surface area contributed by atoms with Gasteiger partial charge in [0.15, 0.2) is 0 Å². The number of para-hydroxylation sites is 2. The quantitative estimate of drug-likeness (QED) is 0.127. The molecular formula is C108H90N2. The summed E-state index contributed by atoms with van der Waals surface area (Å²) in [5.41, 5.74) is 42.8. The molecule has 20 rings (SSSR count). The van der Waals surface area contributed by atoms with Gasteiger partial charge in [0.2, 0.25) is 0 Å². The fourth-order valence-corrected chi connectivity index (χ4v) is 20.5. The van der Waals surface area contributed by atoms with Crippen LogP contribution >= 0.6 is 0 Å². The van der Waals surface area contributed by atoms with Gasteiger partial charge in [-0.3, -0.25) is 0 Å². The average molecular weight is 1420 g/mol. The normalized spacial score (nSPS) is 16.6. The van der Waals surface area contributed by atoms with Crippen LogP contribution in [0.15, 0.2) is 334 Å². The zero-order chi connectivity index (χ0) is 75.0. The van der Waals surface area contributed by atoms with Crippen LogP contribution < -0.4 is 9.80 Å². The van der Waals surface area contributed by atoms with Gasteiger partial charge < -0.3 is 9.80 Å². The molecular weight excluding hydrogens is 1330 g/mol. The molecule has 0 radical (unpaired) electrons. The molecule has 0 aliphatic heterocycles. The Kier molecular flexibility index (Phi) is 15.0. The summed E-state index contributed by atoms with van der Waals surface area (Å²) in [7, 11) is 0. The van der Waals surface area contributed by atoms with Crippen molar-refractivity contribution in [2.45, 2.75) is 115 Å². The van der Waals surface area contributed by atoms with Crippen LogP contribution in [-0.2, 0) is 38.9 Å². The predicted molar refractivity (Wildman–Crippen MR) is 463 cm³/mol. The SMILES string of the molecule is CC(C)(C)c1cc2c(c(C(C)(C)C)c1)C(C)(C)c1cc(N(c3ccc4c(c3)C(C)(Cc3ccc5c(c3)C3(c6cc(N(c7ccc8c(c7)C(C)(C)c7ccccc7-8)c7ccccc7-c7ccccc7)ccc6-5)c5ccccc5-c5c(-c6ccccc6)cccc53)c3ccccc3-4)c3ccccc3-c3ccccc3)ccc1-2. The maximum atomic E-state index is 2.65. The first kappa shape index (κ1) is 67.3. The first-order chi connectivity index (χ1) is 53.2. The first-order valence-corrected chi connectivity index (χ1v) is 39.5. The van der Waals surface area contributed by atoms with E-state index in [1.54, 1.807) is 0 Å². The van der Waals surface area contributed by atoms with Crippen molar-refractivity contribution in [1.29, 1.82) is 0 Å². The van der Waals surface area contributed by atoms with E-state index in [2.05, 4.69) is 420 Å². The number of anilines is 6. The second-order valence-electron chi connectivity index (χ2n) is 34.9. The smallest absolute Gasteiger partial charge is 0.0726 e. The van der Waals surface area contributed by atoms with Gasteiger partial charge in [0, 0.05) is 50.1 Å². The topological polar surface area (TPSA) is 6.48 Å². The molecule has 0 saturated carbocycles. The molecule has 5 aliphatic rings. The number of benzene rings is 15. The number of rotatable bonds is 11. The van der Waals surface area contributed by atoms with E-state index in [1.807, 2.05) is 0 Å². The summed E-state index contributed by atoms with van der Waals surface area (Å²) in [5.74, 6) is 0. The van der Waals surface area contributed by atoms with Crippen LogP contribution in [0, 0.1) is 0 Å². The zero-order valence-corrected chi connectivity index (χ0v) is 64.9. The largest absolute Gasteiger partial charge is 0.310 e. The molecule has 2 atom stereocenters. The lowest BCUT2D eigenvalue weighted by Gasteiger charge is -2.34. The summed E-state index contributed by atoms with van der Waals surface area (Å²) in [6.07, 6.45) is 0.769. The number of nitrogens with zero attached hydrogens (tertiary/aromatic N) is 2. The van der Waals surface area contributed by atoms with Crippen LogP contribution in [0.5, 0.6) is 0 Å². The summed E-state index contributed by atoms with van der Waals surface area (Å²) in [5, 5.41) is 0. The second-order valence-corrected chi connectivity index (χ2v) is 34.9. The van der Waals surface area contributed by atoms with E-state index < -0.39 is 10.8 Å². The van der Waals surface area contributed by atoms with Crippen molar-refractivity contribution in [3.63, 3.8) is 0 Å².